The Bertz CT molecular complexity index is 467. The first-order chi connectivity index (χ1) is 6.90. The topological polar surface area (TPSA) is 52.6 Å². The molecule has 15 heavy (non-hydrogen) atoms. The average molecular weight is 251 g/mol. The summed E-state index contributed by atoms with van der Waals surface area (Å²) >= 11 is 5.83. The van der Waals surface area contributed by atoms with E-state index >= 15 is 0 Å². The summed E-state index contributed by atoms with van der Waals surface area (Å²) in [6.45, 7) is 0. The maximum Gasteiger partial charge on any atom is 0.179 e. The van der Waals surface area contributed by atoms with Crippen molar-refractivity contribution in [3.8, 4) is 11.5 Å². The Morgan fingerprint density at radius 3 is 2.07 bits per heavy atom. The van der Waals surface area contributed by atoms with Gasteiger partial charge in [0.2, 0.25) is 0 Å². The fourth-order valence-corrected chi connectivity index (χ4v) is 2.18. The normalized spacial score (nSPS) is 11.2. The van der Waals surface area contributed by atoms with Gasteiger partial charge in [0, 0.05) is 18.4 Å². The number of hydrogen-bond acceptors (Lipinski definition) is 4. The molecule has 0 unspecified atom stereocenters. The Balaban J connectivity index is 3.49. The van der Waals surface area contributed by atoms with Crippen LogP contribution in [0.3, 0.4) is 0 Å². The van der Waals surface area contributed by atoms with Gasteiger partial charge in [-0.05, 0) is 0 Å². The molecule has 0 aliphatic heterocycles. The molecular formula is C9H11ClO4S. The molecule has 1 aromatic rings. The minimum absolute atomic E-state index is 0.0613. The van der Waals surface area contributed by atoms with E-state index in [2.05, 4.69) is 0 Å². The van der Waals surface area contributed by atoms with Crippen molar-refractivity contribution in [2.24, 2.45) is 0 Å². The molecule has 0 atom stereocenters. The SMILES string of the molecule is COc1cc(S(C)(=O)=O)c(OC)cc1Cl. The zero-order valence-electron chi connectivity index (χ0n) is 8.57. The molecule has 0 aromatic heterocycles. The summed E-state index contributed by atoms with van der Waals surface area (Å²) in [6.07, 6.45) is 1.10. The lowest BCUT2D eigenvalue weighted by molar-refractivity contribution is 0.392. The lowest BCUT2D eigenvalue weighted by Gasteiger charge is -2.10. The Labute approximate surface area is 93.7 Å². The Kier molecular flexibility index (Phi) is 3.46. The van der Waals surface area contributed by atoms with Crippen LogP contribution in [-0.4, -0.2) is 28.9 Å². The van der Waals surface area contributed by atoms with Gasteiger partial charge in [-0.2, -0.15) is 0 Å². The van der Waals surface area contributed by atoms with Gasteiger partial charge in [0.15, 0.2) is 9.84 Å². The number of hydrogen-bond donors (Lipinski definition) is 0. The molecule has 0 radical (unpaired) electrons. The largest absolute Gasteiger partial charge is 0.495 e. The molecule has 0 amide bonds. The lowest BCUT2D eigenvalue weighted by Crippen LogP contribution is -2.01. The van der Waals surface area contributed by atoms with Crippen LogP contribution in [0.4, 0.5) is 0 Å². The van der Waals surface area contributed by atoms with Gasteiger partial charge in [-0.1, -0.05) is 11.6 Å². The van der Waals surface area contributed by atoms with Gasteiger partial charge >= 0.3 is 0 Å². The predicted molar refractivity (Wildman–Crippen MR) is 57.7 cm³/mol. The van der Waals surface area contributed by atoms with Crippen LogP contribution in [0.25, 0.3) is 0 Å². The van der Waals surface area contributed by atoms with Crippen LogP contribution in [0.2, 0.25) is 5.02 Å². The van der Waals surface area contributed by atoms with E-state index in [9.17, 15) is 8.42 Å². The molecule has 84 valence electrons. The monoisotopic (exact) mass is 250 g/mol. The van der Waals surface area contributed by atoms with Crippen molar-refractivity contribution in [3.63, 3.8) is 0 Å². The van der Waals surface area contributed by atoms with E-state index in [1.54, 1.807) is 0 Å². The second-order valence-electron chi connectivity index (χ2n) is 2.91. The second kappa shape index (κ2) is 4.28. The third-order valence-corrected chi connectivity index (χ3v) is 3.25. The first kappa shape index (κ1) is 12.1. The number of methoxy groups -OCH3 is 2. The minimum Gasteiger partial charge on any atom is -0.495 e. The van der Waals surface area contributed by atoms with Gasteiger partial charge in [0.25, 0.3) is 0 Å². The van der Waals surface area contributed by atoms with Crippen molar-refractivity contribution >= 4 is 21.4 Å². The van der Waals surface area contributed by atoms with Gasteiger partial charge in [0.1, 0.15) is 16.4 Å². The van der Waals surface area contributed by atoms with Crippen LogP contribution in [0, 0.1) is 0 Å². The number of ether oxygens (including phenoxy) is 2. The highest BCUT2D eigenvalue weighted by Crippen LogP contribution is 2.34. The Morgan fingerprint density at radius 1 is 1.13 bits per heavy atom. The van der Waals surface area contributed by atoms with Crippen LogP contribution in [0.1, 0.15) is 0 Å². The summed E-state index contributed by atoms with van der Waals surface area (Å²) in [7, 11) is -0.560. The van der Waals surface area contributed by atoms with Crippen molar-refractivity contribution in [2.75, 3.05) is 20.5 Å². The van der Waals surface area contributed by atoms with Crippen LogP contribution in [0.15, 0.2) is 17.0 Å². The molecule has 0 heterocycles. The van der Waals surface area contributed by atoms with Crippen molar-refractivity contribution in [3.05, 3.63) is 17.2 Å². The molecule has 0 bridgehead atoms. The summed E-state index contributed by atoms with van der Waals surface area (Å²) in [5.41, 5.74) is 0. The van der Waals surface area contributed by atoms with Gasteiger partial charge < -0.3 is 9.47 Å². The highest BCUT2D eigenvalue weighted by Gasteiger charge is 2.17. The molecule has 0 aliphatic carbocycles. The molecule has 0 fully saturated rings. The molecule has 0 spiro atoms. The summed E-state index contributed by atoms with van der Waals surface area (Å²) in [6, 6.07) is 2.76. The quantitative estimate of drug-likeness (QED) is 0.820. The molecule has 0 aliphatic rings. The number of halogens is 1. The molecule has 1 aromatic carbocycles. The number of sulfone groups is 1. The average Bonchev–Trinajstić information content (AvgIpc) is 2.15. The molecule has 6 heteroatoms. The lowest BCUT2D eigenvalue weighted by atomic mass is 10.3. The van der Waals surface area contributed by atoms with Crippen molar-refractivity contribution in [1.29, 1.82) is 0 Å². The standard InChI is InChI=1S/C9H11ClO4S/c1-13-7-5-9(15(3,11)12)8(14-2)4-6(7)10/h4-5H,1-3H3. The van der Waals surface area contributed by atoms with E-state index < -0.39 is 9.84 Å². The summed E-state index contributed by atoms with van der Waals surface area (Å²) in [5, 5.41) is 0.307. The van der Waals surface area contributed by atoms with E-state index in [1.165, 1.54) is 26.4 Å². The molecule has 1 rings (SSSR count). The predicted octanol–water partition coefficient (Wildman–Crippen LogP) is 1.76. The van der Waals surface area contributed by atoms with E-state index in [4.69, 9.17) is 21.1 Å². The van der Waals surface area contributed by atoms with Gasteiger partial charge in [-0.15, -0.1) is 0 Å². The molecular weight excluding hydrogens is 240 g/mol. The van der Waals surface area contributed by atoms with Crippen molar-refractivity contribution in [2.45, 2.75) is 4.90 Å². The smallest absolute Gasteiger partial charge is 0.179 e. The second-order valence-corrected chi connectivity index (χ2v) is 5.30. The van der Waals surface area contributed by atoms with Crippen LogP contribution < -0.4 is 9.47 Å². The van der Waals surface area contributed by atoms with Crippen molar-refractivity contribution < 1.29 is 17.9 Å². The summed E-state index contributed by atoms with van der Waals surface area (Å²) in [5.74, 6) is 0.515. The highest BCUT2D eigenvalue weighted by atomic mass is 35.5. The maximum absolute atomic E-state index is 11.4. The first-order valence-electron chi connectivity index (χ1n) is 4.01. The Hall–Kier alpha value is -0.940. The fraction of sp³-hybridized carbons (Fsp3) is 0.333. The Morgan fingerprint density at radius 2 is 1.67 bits per heavy atom. The van der Waals surface area contributed by atoms with E-state index in [-0.39, 0.29) is 10.6 Å². The van der Waals surface area contributed by atoms with Gasteiger partial charge in [-0.25, -0.2) is 8.42 Å². The third-order valence-electron chi connectivity index (χ3n) is 1.84. The highest BCUT2D eigenvalue weighted by molar-refractivity contribution is 7.90. The van der Waals surface area contributed by atoms with Gasteiger partial charge in [0.05, 0.1) is 19.2 Å². The van der Waals surface area contributed by atoms with Crippen LogP contribution in [-0.2, 0) is 9.84 Å². The molecule has 4 nitrogen and oxygen atoms in total. The number of rotatable bonds is 3. The van der Waals surface area contributed by atoms with Crippen LogP contribution >= 0.6 is 11.6 Å². The minimum atomic E-state index is -3.36. The summed E-state index contributed by atoms with van der Waals surface area (Å²) in [4.78, 5) is 0.0613. The van der Waals surface area contributed by atoms with E-state index in [0.717, 1.165) is 6.26 Å². The van der Waals surface area contributed by atoms with Crippen molar-refractivity contribution in [1.82, 2.24) is 0 Å². The zero-order chi connectivity index (χ0) is 11.6. The molecule has 0 saturated carbocycles. The zero-order valence-corrected chi connectivity index (χ0v) is 10.1. The van der Waals surface area contributed by atoms with E-state index in [0.29, 0.717) is 10.8 Å². The molecule has 0 N–H and O–H groups in total. The maximum atomic E-state index is 11.4. The third kappa shape index (κ3) is 2.54. The van der Waals surface area contributed by atoms with Gasteiger partial charge in [-0.3, -0.25) is 0 Å². The summed E-state index contributed by atoms with van der Waals surface area (Å²) < 4.78 is 32.7. The molecule has 0 saturated heterocycles. The number of benzene rings is 1. The fourth-order valence-electron chi connectivity index (χ4n) is 1.12. The van der Waals surface area contributed by atoms with Crippen LogP contribution in [0.5, 0.6) is 11.5 Å². The first-order valence-corrected chi connectivity index (χ1v) is 6.28. The van der Waals surface area contributed by atoms with E-state index in [1.807, 2.05) is 0 Å².